The first-order valence-corrected chi connectivity index (χ1v) is 7.50. The zero-order valence-corrected chi connectivity index (χ0v) is 12.0. The van der Waals surface area contributed by atoms with Crippen LogP contribution in [0.3, 0.4) is 0 Å². The summed E-state index contributed by atoms with van der Waals surface area (Å²) in [6.45, 7) is 2.07. The van der Waals surface area contributed by atoms with Gasteiger partial charge in [0.1, 0.15) is 5.76 Å². The molecule has 1 aromatic carbocycles. The van der Waals surface area contributed by atoms with E-state index in [1.54, 1.807) is 0 Å². The molecule has 104 valence electrons. The zero-order chi connectivity index (χ0) is 13.7. The Labute approximate surface area is 119 Å². The summed E-state index contributed by atoms with van der Waals surface area (Å²) >= 11 is 0. The maximum Gasteiger partial charge on any atom is 0.211 e. The molecule has 0 spiro atoms. The van der Waals surface area contributed by atoms with E-state index in [9.17, 15) is 0 Å². The number of nitrogens with one attached hydrogen (secondary N) is 1. The fraction of sp³-hybridized carbons (Fsp3) is 0.471. The number of rotatable bonds is 3. The number of fused-ring (bicyclic) bond motifs is 3. The Hall–Kier alpha value is -1.61. The molecule has 2 aliphatic carbocycles. The van der Waals surface area contributed by atoms with Crippen molar-refractivity contribution >= 4 is 0 Å². The third kappa shape index (κ3) is 1.73. The van der Waals surface area contributed by atoms with Crippen molar-refractivity contribution in [3.05, 3.63) is 53.2 Å². The summed E-state index contributed by atoms with van der Waals surface area (Å²) in [6, 6.07) is 9.05. The van der Waals surface area contributed by atoms with E-state index in [2.05, 4.69) is 41.5 Å². The van der Waals surface area contributed by atoms with Crippen LogP contribution in [0.25, 0.3) is 0 Å². The maximum atomic E-state index is 5.99. The van der Waals surface area contributed by atoms with E-state index in [1.807, 2.05) is 13.2 Å². The van der Waals surface area contributed by atoms with Crippen molar-refractivity contribution in [3.63, 3.8) is 0 Å². The first-order valence-electron chi connectivity index (χ1n) is 7.50. The molecule has 0 bridgehead atoms. The summed E-state index contributed by atoms with van der Waals surface area (Å²) in [5.41, 5.74) is 3.06. The van der Waals surface area contributed by atoms with Gasteiger partial charge in [0.15, 0.2) is 0 Å². The third-order valence-corrected chi connectivity index (χ3v) is 5.00. The molecule has 1 saturated carbocycles. The molecular weight excluding hydrogens is 248 g/mol. The molecular formula is C17H20N2O. The van der Waals surface area contributed by atoms with Crippen LogP contribution in [0.15, 0.2) is 34.9 Å². The van der Waals surface area contributed by atoms with Crippen LogP contribution in [0.2, 0.25) is 0 Å². The van der Waals surface area contributed by atoms with Crippen LogP contribution in [0.4, 0.5) is 0 Å². The van der Waals surface area contributed by atoms with Crippen LogP contribution in [-0.2, 0) is 6.42 Å². The molecule has 0 saturated heterocycles. The summed E-state index contributed by atoms with van der Waals surface area (Å²) in [5, 5.41) is 3.18. The van der Waals surface area contributed by atoms with Crippen molar-refractivity contribution in [2.24, 2.45) is 5.92 Å². The lowest BCUT2D eigenvalue weighted by atomic mass is 9.92. The fourth-order valence-electron chi connectivity index (χ4n) is 3.73. The molecule has 2 aromatic rings. The van der Waals surface area contributed by atoms with E-state index in [0.29, 0.717) is 11.8 Å². The van der Waals surface area contributed by atoms with Crippen LogP contribution in [0.1, 0.15) is 54.0 Å². The normalized spacial score (nSPS) is 28.6. The van der Waals surface area contributed by atoms with Crippen molar-refractivity contribution in [2.75, 3.05) is 7.05 Å². The van der Waals surface area contributed by atoms with Gasteiger partial charge in [-0.05, 0) is 49.8 Å². The van der Waals surface area contributed by atoms with E-state index < -0.39 is 0 Å². The van der Waals surface area contributed by atoms with Gasteiger partial charge in [-0.3, -0.25) is 0 Å². The van der Waals surface area contributed by atoms with Gasteiger partial charge in [-0.15, -0.1) is 0 Å². The molecule has 3 heteroatoms. The number of nitrogens with zero attached hydrogens (tertiary/aromatic N) is 1. The number of aromatic nitrogens is 1. The van der Waals surface area contributed by atoms with E-state index >= 15 is 0 Å². The largest absolute Gasteiger partial charge is 0.444 e. The Morgan fingerprint density at radius 1 is 1.30 bits per heavy atom. The smallest absolute Gasteiger partial charge is 0.211 e. The van der Waals surface area contributed by atoms with Gasteiger partial charge in [-0.2, -0.15) is 0 Å². The Morgan fingerprint density at radius 3 is 3.00 bits per heavy atom. The van der Waals surface area contributed by atoms with E-state index in [0.717, 1.165) is 17.6 Å². The van der Waals surface area contributed by atoms with Crippen molar-refractivity contribution < 1.29 is 4.42 Å². The lowest BCUT2D eigenvalue weighted by Gasteiger charge is -2.13. The summed E-state index contributed by atoms with van der Waals surface area (Å²) in [7, 11) is 1.93. The second-order valence-electron chi connectivity index (χ2n) is 6.06. The molecule has 4 rings (SSSR count). The Balaban J connectivity index is 1.62. The van der Waals surface area contributed by atoms with E-state index in [-0.39, 0.29) is 6.04 Å². The highest BCUT2D eigenvalue weighted by Crippen LogP contribution is 2.65. The maximum absolute atomic E-state index is 5.99. The first kappa shape index (κ1) is 12.2. The topological polar surface area (TPSA) is 38.1 Å². The van der Waals surface area contributed by atoms with Crippen LogP contribution in [0, 0.1) is 5.92 Å². The minimum absolute atomic E-state index is 0.178. The molecule has 0 aliphatic heterocycles. The Kier molecular flexibility index (Phi) is 2.71. The minimum Gasteiger partial charge on any atom is -0.444 e. The average Bonchev–Trinajstić information content (AvgIpc) is 3.04. The van der Waals surface area contributed by atoms with Crippen LogP contribution in [-0.4, -0.2) is 12.0 Å². The Bertz CT molecular complexity index is 633. The SMILES string of the molecule is CNC(C)c1ncc(C2C3CCc4ccccc4C32)o1. The predicted molar refractivity (Wildman–Crippen MR) is 77.7 cm³/mol. The van der Waals surface area contributed by atoms with Crippen molar-refractivity contribution in [3.8, 4) is 0 Å². The molecule has 4 atom stereocenters. The van der Waals surface area contributed by atoms with E-state index in [4.69, 9.17) is 4.42 Å². The van der Waals surface area contributed by atoms with Crippen LogP contribution >= 0.6 is 0 Å². The number of benzene rings is 1. The molecule has 1 N–H and O–H groups in total. The van der Waals surface area contributed by atoms with Gasteiger partial charge in [-0.1, -0.05) is 24.3 Å². The Morgan fingerprint density at radius 2 is 2.15 bits per heavy atom. The van der Waals surface area contributed by atoms with Gasteiger partial charge in [0.05, 0.1) is 12.2 Å². The second kappa shape index (κ2) is 4.45. The lowest BCUT2D eigenvalue weighted by molar-refractivity contribution is 0.404. The lowest BCUT2D eigenvalue weighted by Crippen LogP contribution is -2.12. The quantitative estimate of drug-likeness (QED) is 0.927. The molecule has 2 aliphatic rings. The number of oxazole rings is 1. The van der Waals surface area contributed by atoms with E-state index in [1.165, 1.54) is 24.0 Å². The predicted octanol–water partition coefficient (Wildman–Crippen LogP) is 3.40. The molecule has 1 heterocycles. The van der Waals surface area contributed by atoms with Gasteiger partial charge in [0.25, 0.3) is 0 Å². The van der Waals surface area contributed by atoms with Gasteiger partial charge in [0.2, 0.25) is 5.89 Å². The average molecular weight is 268 g/mol. The molecule has 1 aromatic heterocycles. The van der Waals surface area contributed by atoms with Crippen molar-refractivity contribution in [2.45, 2.75) is 37.6 Å². The zero-order valence-electron chi connectivity index (χ0n) is 12.0. The number of hydrogen-bond donors (Lipinski definition) is 1. The highest BCUT2D eigenvalue weighted by molar-refractivity contribution is 5.43. The van der Waals surface area contributed by atoms with Crippen molar-refractivity contribution in [1.82, 2.24) is 10.3 Å². The summed E-state index contributed by atoms with van der Waals surface area (Å²) in [5.74, 6) is 3.85. The van der Waals surface area contributed by atoms with Crippen LogP contribution in [0.5, 0.6) is 0 Å². The molecule has 1 fully saturated rings. The minimum atomic E-state index is 0.178. The van der Waals surface area contributed by atoms with Gasteiger partial charge in [-0.25, -0.2) is 4.98 Å². The third-order valence-electron chi connectivity index (χ3n) is 5.00. The molecule has 3 nitrogen and oxygen atoms in total. The highest BCUT2D eigenvalue weighted by Gasteiger charge is 2.55. The van der Waals surface area contributed by atoms with Crippen LogP contribution < -0.4 is 5.32 Å². The summed E-state index contributed by atoms with van der Waals surface area (Å²) in [6.07, 6.45) is 4.43. The standard InChI is InChI=1S/C17H20N2O/c1-10(18-2)17-19-9-14(20-17)16-13-8-7-11-5-3-4-6-12(11)15(13)16/h3-6,9-10,13,15-16,18H,7-8H2,1-2H3. The molecule has 0 amide bonds. The number of hydrogen-bond acceptors (Lipinski definition) is 3. The first-order chi connectivity index (χ1) is 9.79. The van der Waals surface area contributed by atoms with Crippen molar-refractivity contribution in [1.29, 1.82) is 0 Å². The highest BCUT2D eigenvalue weighted by atomic mass is 16.4. The second-order valence-corrected chi connectivity index (χ2v) is 6.06. The molecule has 4 unspecified atom stereocenters. The molecule has 20 heavy (non-hydrogen) atoms. The summed E-state index contributed by atoms with van der Waals surface area (Å²) < 4.78 is 5.99. The molecule has 0 radical (unpaired) electrons. The monoisotopic (exact) mass is 268 g/mol. The van der Waals surface area contributed by atoms with Gasteiger partial charge >= 0.3 is 0 Å². The summed E-state index contributed by atoms with van der Waals surface area (Å²) in [4.78, 5) is 4.43. The van der Waals surface area contributed by atoms with Gasteiger partial charge < -0.3 is 9.73 Å². The fourth-order valence-corrected chi connectivity index (χ4v) is 3.73. The van der Waals surface area contributed by atoms with Gasteiger partial charge in [0, 0.05) is 5.92 Å². The number of aryl methyl sites for hydroxylation is 1.